The number of fused-ring (bicyclic) bond motifs is 3. The molecule has 4 N–H and O–H groups in total. The van der Waals surface area contributed by atoms with Crippen molar-refractivity contribution in [2.45, 2.75) is 128 Å². The number of imidazole rings is 1. The summed E-state index contributed by atoms with van der Waals surface area (Å²) in [6.45, 7) is 12.0. The third kappa shape index (κ3) is 19.5. The van der Waals surface area contributed by atoms with Crippen LogP contribution in [0.3, 0.4) is 0 Å². The summed E-state index contributed by atoms with van der Waals surface area (Å²) in [6, 6.07) is 23.5. The number of carbonyl (C=O) groups is 12. The number of nitrogens with one attached hydrogen (secondary N) is 2. The predicted octanol–water partition coefficient (Wildman–Crippen LogP) is 9.05. The number of aryl methyl sites for hydroxylation is 3. The van der Waals surface area contributed by atoms with Crippen LogP contribution in [0.5, 0.6) is 5.75 Å². The zero-order valence-corrected chi connectivity index (χ0v) is 61.8. The maximum Gasteiger partial charge on any atom is 0.416 e. The second kappa shape index (κ2) is 35.6. The van der Waals surface area contributed by atoms with Gasteiger partial charge in [0.15, 0.2) is 23.7 Å². The van der Waals surface area contributed by atoms with Gasteiger partial charge in [0.25, 0.3) is 11.8 Å². The Morgan fingerprint density at radius 2 is 1.45 bits per heavy atom. The van der Waals surface area contributed by atoms with E-state index in [1.165, 1.54) is 48.9 Å². The second-order valence-electron chi connectivity index (χ2n) is 27.5. The molecule has 5 atom stereocenters. The van der Waals surface area contributed by atoms with E-state index in [0.29, 0.717) is 57.5 Å². The highest BCUT2D eigenvalue weighted by Gasteiger charge is 2.46. The van der Waals surface area contributed by atoms with Gasteiger partial charge < -0.3 is 53.8 Å². The molecule has 4 aromatic carbocycles. The highest BCUT2D eigenvalue weighted by atomic mass is 32.2. The van der Waals surface area contributed by atoms with Gasteiger partial charge in [-0.3, -0.25) is 57.4 Å². The molecule has 107 heavy (non-hydrogen) atoms. The van der Waals surface area contributed by atoms with E-state index in [-0.39, 0.29) is 197 Å². The molecule has 1 unspecified atom stereocenters. The molecule has 7 aromatic rings. The van der Waals surface area contributed by atoms with Crippen LogP contribution in [0.2, 0.25) is 0 Å². The van der Waals surface area contributed by atoms with Gasteiger partial charge in [-0.15, -0.1) is 0 Å². The molecule has 0 radical (unpaired) electrons. The minimum Gasteiger partial charge on any atom is -0.493 e. The molecule has 28 heteroatoms. The van der Waals surface area contributed by atoms with Crippen molar-refractivity contribution in [2.75, 3.05) is 62.6 Å². The first-order valence-corrected chi connectivity index (χ1v) is 36.8. The van der Waals surface area contributed by atoms with E-state index in [9.17, 15) is 67.7 Å². The number of aromatic nitrogens is 4. The van der Waals surface area contributed by atoms with Crippen LogP contribution in [0.4, 0.5) is 16.3 Å². The zero-order chi connectivity index (χ0) is 76.9. The molecule has 0 aliphatic carbocycles. The largest absolute Gasteiger partial charge is 0.493 e. The maximum absolute atomic E-state index is 14.3. The van der Waals surface area contributed by atoms with Crippen molar-refractivity contribution >= 4 is 105 Å². The molecule has 10 rings (SSSR count). The van der Waals surface area contributed by atoms with Gasteiger partial charge in [-0.2, -0.15) is 11.8 Å². The quantitative estimate of drug-likeness (QED) is 0.0123. The molecule has 6 amide bonds. The summed E-state index contributed by atoms with van der Waals surface area (Å²) in [6.07, 6.45) is 5.69. The van der Waals surface area contributed by atoms with Crippen molar-refractivity contribution in [3.63, 3.8) is 0 Å². The normalized spacial score (nSPS) is 16.2. The van der Waals surface area contributed by atoms with Gasteiger partial charge in [0.1, 0.15) is 29.6 Å². The molecule has 2 fully saturated rings. The highest BCUT2D eigenvalue weighted by Crippen LogP contribution is 2.40. The Bertz CT molecular complexity index is 4570. The Labute approximate surface area is 622 Å². The summed E-state index contributed by atoms with van der Waals surface area (Å²) >= 11 is 1.33. The lowest BCUT2D eigenvalue weighted by molar-refractivity contribution is -0.138. The van der Waals surface area contributed by atoms with Crippen molar-refractivity contribution in [1.29, 1.82) is 0 Å². The fourth-order valence-corrected chi connectivity index (χ4v) is 13.8. The molecule has 2 saturated heterocycles. The fourth-order valence-electron chi connectivity index (χ4n) is 13.2. The number of Topliss-reactive ketones (excluding diaryl/α,β-unsaturated/α-hetero) is 4. The number of aliphatic hydroxyl groups excluding tert-OH is 1. The van der Waals surface area contributed by atoms with E-state index in [0.717, 1.165) is 16.0 Å². The van der Waals surface area contributed by atoms with Crippen molar-refractivity contribution in [3.05, 3.63) is 167 Å². The van der Waals surface area contributed by atoms with Crippen LogP contribution in [-0.4, -0.2) is 185 Å². The Balaban J connectivity index is 0.651. The molecule has 0 saturated carbocycles. The first-order valence-electron chi connectivity index (χ1n) is 35.5. The molecule has 3 aromatic heterocycles. The van der Waals surface area contributed by atoms with Gasteiger partial charge in [-0.1, -0.05) is 74.5 Å². The standard InChI is InChI=1S/C79H89N9O18S/c1-46(2)59(39-58(90)25-30-104-32-31-103-28-9-11-57(89)24-27-86-71(94)41-68(107-8)77(86)99)73(95)80-49(5)65(91)35-50-13-15-52(16-14-50)45-106-79(102)88-62-40-67(48(4)34-60(62)74(96)87-42-47(3)33-64(87)76(88)98)105-29-10-12-70(93)81-69-44-84(7)72(82-69)66(92)36-51-17-19-53(20-18-51)56-38-63(83(6)43-56)75(97)85-26-23-54-37-55(78(100)101)21-22-61(54)85/h13-23,26,34,37-38,40,43-44,46,49,59,64,68,76,98H,3,9-12,24-25,27-33,35-36,39,41-42,45H2,1-2,4-8H3,(H,80,95)(H,81,93)(H,100,101)/t49-,59-,64-,68?,76-/m0/s1. The minimum atomic E-state index is -1.55. The van der Waals surface area contributed by atoms with Crippen molar-refractivity contribution in [3.8, 4) is 16.9 Å². The molecule has 564 valence electrons. The first-order chi connectivity index (χ1) is 51.2. The van der Waals surface area contributed by atoms with E-state index >= 15 is 0 Å². The van der Waals surface area contributed by atoms with Gasteiger partial charge in [0, 0.05) is 127 Å². The number of thioether (sulfide) groups is 1. The van der Waals surface area contributed by atoms with E-state index in [1.54, 1.807) is 99.7 Å². The summed E-state index contributed by atoms with van der Waals surface area (Å²) in [5.74, 6) is -4.24. The molecule has 0 bridgehead atoms. The Kier molecular flexibility index (Phi) is 26.3. The minimum absolute atomic E-state index is 0.00545. The summed E-state index contributed by atoms with van der Waals surface area (Å²) < 4.78 is 27.9. The van der Waals surface area contributed by atoms with Crippen molar-refractivity contribution in [2.24, 2.45) is 25.9 Å². The topological polar surface area (TPSA) is 344 Å². The lowest BCUT2D eigenvalue weighted by Crippen LogP contribution is -2.50. The van der Waals surface area contributed by atoms with Crippen molar-refractivity contribution < 1.29 is 86.7 Å². The van der Waals surface area contributed by atoms with Crippen LogP contribution in [-0.2, 0) is 81.3 Å². The number of likely N-dealkylation sites (tertiary alicyclic amines) is 1. The number of carbonyl (C=O) groups excluding carboxylic acids is 11. The Hall–Kier alpha value is -10.7. The van der Waals surface area contributed by atoms with E-state index in [2.05, 4.69) is 22.2 Å². The molecule has 6 heterocycles. The SMILES string of the molecule is C=C1C[C@H]2[C@H](O)N(C(=O)OCc3ccc(CC(=O)[C@H](C)NC(=O)[C@@H](CC(=O)CCOCCOCCCC(=O)CCN4C(=O)CC(SC)C4=O)C(C)C)cc3)c3cc(OCCCC(=O)Nc4cn(C)c(C(=O)Cc5ccc(-c6cc(C(=O)n7ccc8cc(C(=O)O)ccc87)n(C)c6)cc5)n4)c(C)cc3C(=O)N2C1. The molecule has 0 spiro atoms. The molecule has 27 nitrogen and oxygen atoms in total. The van der Waals surface area contributed by atoms with Gasteiger partial charge in [0.2, 0.25) is 29.4 Å². The average Bonchev–Trinajstić information content (AvgIpc) is 1.72. The number of hydrogen-bond donors (Lipinski definition) is 4. The predicted molar refractivity (Wildman–Crippen MR) is 397 cm³/mol. The smallest absolute Gasteiger partial charge is 0.416 e. The third-order valence-corrected chi connectivity index (χ3v) is 20.2. The molecule has 3 aliphatic heterocycles. The van der Waals surface area contributed by atoms with Crippen LogP contribution in [0, 0.1) is 18.8 Å². The lowest BCUT2D eigenvalue weighted by atomic mass is 9.88. The number of aliphatic hydroxyl groups is 1. The maximum atomic E-state index is 14.3. The van der Waals surface area contributed by atoms with E-state index in [4.69, 9.17) is 18.9 Å². The first kappa shape index (κ1) is 78.9. The number of amides is 6. The average molecular weight is 1480 g/mol. The van der Waals surface area contributed by atoms with Crippen LogP contribution >= 0.6 is 11.8 Å². The molecule has 3 aliphatic rings. The Morgan fingerprint density at radius 1 is 0.748 bits per heavy atom. The number of nitrogens with zero attached hydrogens (tertiary/aromatic N) is 7. The summed E-state index contributed by atoms with van der Waals surface area (Å²) in [7, 11) is 3.41. The van der Waals surface area contributed by atoms with Gasteiger partial charge in [-0.25, -0.2) is 19.5 Å². The molecular formula is C79H89N9O18S. The van der Waals surface area contributed by atoms with Crippen molar-refractivity contribution in [1.82, 2.24) is 33.8 Å². The number of rotatable bonds is 36. The molecular weight excluding hydrogens is 1390 g/mol. The van der Waals surface area contributed by atoms with Gasteiger partial charge in [0.05, 0.1) is 66.1 Å². The number of anilines is 2. The number of imide groups is 1. The number of aromatic carboxylic acids is 1. The summed E-state index contributed by atoms with van der Waals surface area (Å²) in [5, 5.41) is 27.1. The number of benzene rings is 4. The van der Waals surface area contributed by atoms with Crippen LogP contribution in [0.25, 0.3) is 22.0 Å². The monoisotopic (exact) mass is 1480 g/mol. The van der Waals surface area contributed by atoms with Crippen LogP contribution in [0.15, 0.2) is 122 Å². The number of carboxylic acids is 1. The third-order valence-electron chi connectivity index (χ3n) is 19.3. The van der Waals surface area contributed by atoms with Crippen LogP contribution < -0.4 is 20.3 Å². The van der Waals surface area contributed by atoms with Crippen LogP contribution in [0.1, 0.15) is 143 Å². The fraction of sp³-hybridized carbons (Fsp3) is 0.405. The zero-order valence-electron chi connectivity index (χ0n) is 61.0. The summed E-state index contributed by atoms with van der Waals surface area (Å²) in [4.78, 5) is 165. The number of hydrogen-bond acceptors (Lipinski definition) is 19. The van der Waals surface area contributed by atoms with E-state index < -0.39 is 54.0 Å². The highest BCUT2D eigenvalue weighted by molar-refractivity contribution is 8.00. The number of ketones is 4. The second-order valence-corrected chi connectivity index (χ2v) is 28.6. The summed E-state index contributed by atoms with van der Waals surface area (Å²) in [5.41, 5.74) is 5.97. The van der Waals surface area contributed by atoms with E-state index in [1.807, 2.05) is 44.3 Å². The van der Waals surface area contributed by atoms with Gasteiger partial charge in [-0.05, 0) is 109 Å². The number of ether oxygens (including phenoxy) is 4. The number of carboxylic acid groups (broad SMARTS) is 1. The van der Waals surface area contributed by atoms with Gasteiger partial charge >= 0.3 is 12.1 Å². The Morgan fingerprint density at radius 3 is 2.16 bits per heavy atom. The lowest BCUT2D eigenvalue weighted by Gasteiger charge is -2.31.